The van der Waals surface area contributed by atoms with Crippen LogP contribution in [-0.2, 0) is 22.7 Å². The van der Waals surface area contributed by atoms with Crippen LogP contribution in [0, 0.1) is 0 Å². The van der Waals surface area contributed by atoms with Crippen molar-refractivity contribution < 1.29 is 14.4 Å². The third-order valence-electron chi connectivity index (χ3n) is 3.83. The van der Waals surface area contributed by atoms with Gasteiger partial charge in [0, 0.05) is 31.1 Å². The van der Waals surface area contributed by atoms with Gasteiger partial charge in [0.2, 0.25) is 11.8 Å². The zero-order valence-corrected chi connectivity index (χ0v) is 14.4. The van der Waals surface area contributed by atoms with Crippen molar-refractivity contribution in [1.82, 2.24) is 20.1 Å². The van der Waals surface area contributed by atoms with E-state index in [-0.39, 0.29) is 24.8 Å². The molecule has 1 aliphatic heterocycles. The average Bonchev–Trinajstić information content (AvgIpc) is 3.11. The summed E-state index contributed by atoms with van der Waals surface area (Å²) in [5.41, 5.74) is 0.974. The van der Waals surface area contributed by atoms with Gasteiger partial charge in [-0.2, -0.15) is 0 Å². The molecule has 0 saturated carbocycles. The van der Waals surface area contributed by atoms with E-state index < -0.39 is 6.03 Å². The Morgan fingerprint density at radius 3 is 2.72 bits per heavy atom. The molecule has 0 bridgehead atoms. The molecule has 25 heavy (non-hydrogen) atoms. The van der Waals surface area contributed by atoms with E-state index in [1.807, 2.05) is 35.7 Å². The van der Waals surface area contributed by atoms with Crippen LogP contribution in [0.2, 0.25) is 0 Å². The fraction of sp³-hybridized carbons (Fsp3) is 0.294. The number of benzene rings is 1. The topological polar surface area (TPSA) is 82.6 Å². The van der Waals surface area contributed by atoms with Gasteiger partial charge in [-0.1, -0.05) is 30.3 Å². The van der Waals surface area contributed by atoms with E-state index >= 15 is 0 Å². The van der Waals surface area contributed by atoms with Crippen LogP contribution < -0.4 is 5.32 Å². The lowest BCUT2D eigenvalue weighted by Crippen LogP contribution is -2.53. The van der Waals surface area contributed by atoms with E-state index in [2.05, 4.69) is 10.3 Å². The molecule has 2 aromatic rings. The third-order valence-corrected chi connectivity index (χ3v) is 4.60. The van der Waals surface area contributed by atoms with E-state index in [1.165, 1.54) is 11.3 Å². The summed E-state index contributed by atoms with van der Waals surface area (Å²) in [7, 11) is 0. The lowest BCUT2D eigenvalue weighted by atomic mass is 10.2. The Hall–Kier alpha value is -2.74. The number of rotatable bonds is 6. The highest BCUT2D eigenvalue weighted by Gasteiger charge is 2.29. The van der Waals surface area contributed by atoms with Gasteiger partial charge < -0.3 is 10.2 Å². The predicted octanol–water partition coefficient (Wildman–Crippen LogP) is 1.61. The first-order chi connectivity index (χ1) is 12.1. The molecular formula is C17H18N4O3S. The average molecular weight is 358 g/mol. The van der Waals surface area contributed by atoms with Gasteiger partial charge in [0.15, 0.2) is 0 Å². The van der Waals surface area contributed by atoms with E-state index in [1.54, 1.807) is 11.1 Å². The number of carbonyl (C=O) groups excluding carboxylic acids is 3. The smallest absolute Gasteiger partial charge is 0.324 e. The fourth-order valence-electron chi connectivity index (χ4n) is 2.55. The number of hydrogen-bond donors (Lipinski definition) is 1. The van der Waals surface area contributed by atoms with Crippen LogP contribution >= 0.6 is 11.3 Å². The molecule has 1 aromatic carbocycles. The molecule has 0 aliphatic carbocycles. The summed E-state index contributed by atoms with van der Waals surface area (Å²) >= 11 is 1.46. The first kappa shape index (κ1) is 17.1. The highest BCUT2D eigenvalue weighted by molar-refractivity contribution is 7.09. The lowest BCUT2D eigenvalue weighted by molar-refractivity contribution is -0.139. The number of amides is 4. The molecule has 4 amide bonds. The van der Waals surface area contributed by atoms with Gasteiger partial charge in [-0.25, -0.2) is 9.78 Å². The minimum absolute atomic E-state index is 0.212. The summed E-state index contributed by atoms with van der Waals surface area (Å²) in [6.45, 7) is 0.788. The second kappa shape index (κ2) is 7.89. The SMILES string of the molecule is O=C(CN1C(=O)CCNC1=O)N(Cc1ccccc1)Cc1nccs1. The van der Waals surface area contributed by atoms with Crippen LogP contribution in [0.25, 0.3) is 0 Å². The second-order valence-electron chi connectivity index (χ2n) is 5.62. The monoisotopic (exact) mass is 358 g/mol. The summed E-state index contributed by atoms with van der Waals surface area (Å²) in [6, 6.07) is 9.07. The number of urea groups is 1. The van der Waals surface area contributed by atoms with Crippen LogP contribution in [-0.4, -0.2) is 45.7 Å². The van der Waals surface area contributed by atoms with Gasteiger partial charge in [0.1, 0.15) is 11.6 Å². The highest BCUT2D eigenvalue weighted by atomic mass is 32.1. The molecule has 7 nitrogen and oxygen atoms in total. The summed E-state index contributed by atoms with van der Waals surface area (Å²) in [5, 5.41) is 5.24. The number of aromatic nitrogens is 1. The van der Waals surface area contributed by atoms with Gasteiger partial charge in [0.25, 0.3) is 0 Å². The van der Waals surface area contributed by atoms with Crippen molar-refractivity contribution in [3.8, 4) is 0 Å². The summed E-state index contributed by atoms with van der Waals surface area (Å²) in [6.07, 6.45) is 1.90. The Kier molecular flexibility index (Phi) is 5.39. The third kappa shape index (κ3) is 4.42. The molecular weight excluding hydrogens is 340 g/mol. The van der Waals surface area contributed by atoms with Crippen molar-refractivity contribution in [1.29, 1.82) is 0 Å². The van der Waals surface area contributed by atoms with Crippen molar-refractivity contribution in [3.05, 3.63) is 52.5 Å². The fourth-order valence-corrected chi connectivity index (χ4v) is 3.18. The number of hydrogen-bond acceptors (Lipinski definition) is 5. The Bertz CT molecular complexity index is 733. The zero-order valence-electron chi connectivity index (χ0n) is 13.6. The summed E-state index contributed by atoms with van der Waals surface area (Å²) in [4.78, 5) is 43.3. The van der Waals surface area contributed by atoms with Crippen LogP contribution in [0.3, 0.4) is 0 Å². The van der Waals surface area contributed by atoms with Crippen LogP contribution in [0.4, 0.5) is 4.79 Å². The standard InChI is InChI=1S/C17H18N4O3S/c22-15-6-7-19-17(24)21(15)12-16(23)20(11-14-18-8-9-25-14)10-13-4-2-1-3-5-13/h1-5,8-9H,6-7,10-12H2,(H,19,24). The Morgan fingerprint density at radius 1 is 1.24 bits per heavy atom. The van der Waals surface area contributed by atoms with Gasteiger partial charge >= 0.3 is 6.03 Å². The number of imide groups is 1. The van der Waals surface area contributed by atoms with Crippen molar-refractivity contribution in [2.45, 2.75) is 19.5 Å². The summed E-state index contributed by atoms with van der Waals surface area (Å²) < 4.78 is 0. The van der Waals surface area contributed by atoms with Crippen molar-refractivity contribution in [3.63, 3.8) is 0 Å². The van der Waals surface area contributed by atoms with E-state index in [0.717, 1.165) is 15.5 Å². The van der Waals surface area contributed by atoms with Crippen LogP contribution in [0.5, 0.6) is 0 Å². The van der Waals surface area contributed by atoms with Crippen LogP contribution in [0.15, 0.2) is 41.9 Å². The molecule has 2 heterocycles. The first-order valence-electron chi connectivity index (χ1n) is 7.92. The zero-order chi connectivity index (χ0) is 17.6. The number of nitrogens with zero attached hydrogens (tertiary/aromatic N) is 3. The molecule has 1 N–H and O–H groups in total. The largest absolute Gasteiger partial charge is 0.337 e. The van der Waals surface area contributed by atoms with Crippen molar-refractivity contribution in [2.24, 2.45) is 0 Å². The second-order valence-corrected chi connectivity index (χ2v) is 6.60. The minimum atomic E-state index is -0.515. The maximum absolute atomic E-state index is 12.8. The van der Waals surface area contributed by atoms with Gasteiger partial charge in [-0.05, 0) is 5.56 Å². The molecule has 0 atom stereocenters. The quantitative estimate of drug-likeness (QED) is 0.850. The first-order valence-corrected chi connectivity index (χ1v) is 8.79. The Labute approximate surface area is 149 Å². The molecule has 1 aromatic heterocycles. The highest BCUT2D eigenvalue weighted by Crippen LogP contribution is 2.13. The van der Waals surface area contributed by atoms with Gasteiger partial charge in [-0.15, -0.1) is 11.3 Å². The number of thiazole rings is 1. The molecule has 1 saturated heterocycles. The van der Waals surface area contributed by atoms with E-state index in [9.17, 15) is 14.4 Å². The Balaban J connectivity index is 1.74. The van der Waals surface area contributed by atoms with Crippen molar-refractivity contribution >= 4 is 29.2 Å². The summed E-state index contributed by atoms with van der Waals surface area (Å²) in [5.74, 6) is -0.615. The molecule has 0 unspecified atom stereocenters. The molecule has 8 heteroatoms. The molecule has 130 valence electrons. The number of carbonyl (C=O) groups is 3. The maximum atomic E-state index is 12.8. The maximum Gasteiger partial charge on any atom is 0.324 e. The molecule has 1 aliphatic rings. The van der Waals surface area contributed by atoms with Gasteiger partial charge in [0.05, 0.1) is 6.54 Å². The minimum Gasteiger partial charge on any atom is -0.337 e. The molecule has 0 spiro atoms. The molecule has 1 fully saturated rings. The normalized spacial score (nSPS) is 14.3. The predicted molar refractivity (Wildman–Crippen MR) is 92.5 cm³/mol. The van der Waals surface area contributed by atoms with E-state index in [0.29, 0.717) is 19.6 Å². The van der Waals surface area contributed by atoms with Gasteiger partial charge in [-0.3, -0.25) is 14.5 Å². The molecule has 3 rings (SSSR count). The van der Waals surface area contributed by atoms with E-state index in [4.69, 9.17) is 0 Å². The van der Waals surface area contributed by atoms with Crippen LogP contribution in [0.1, 0.15) is 17.0 Å². The Morgan fingerprint density at radius 2 is 2.04 bits per heavy atom. The number of nitrogens with one attached hydrogen (secondary N) is 1. The molecule has 0 radical (unpaired) electrons. The lowest BCUT2D eigenvalue weighted by Gasteiger charge is -2.28. The van der Waals surface area contributed by atoms with Crippen molar-refractivity contribution in [2.75, 3.05) is 13.1 Å².